The van der Waals surface area contributed by atoms with Crippen molar-refractivity contribution < 1.29 is 9.53 Å². The molecule has 6 nitrogen and oxygen atoms in total. The highest BCUT2D eigenvalue weighted by Gasteiger charge is 2.24. The van der Waals surface area contributed by atoms with E-state index in [2.05, 4.69) is 10.3 Å². The van der Waals surface area contributed by atoms with Crippen molar-refractivity contribution in [3.05, 3.63) is 63.9 Å². The van der Waals surface area contributed by atoms with E-state index in [1.54, 1.807) is 17.7 Å². The maximum atomic E-state index is 13.2. The van der Waals surface area contributed by atoms with E-state index in [0.29, 0.717) is 11.6 Å². The highest BCUT2D eigenvalue weighted by atomic mass is 32.1. The van der Waals surface area contributed by atoms with Crippen molar-refractivity contribution in [3.8, 4) is 5.75 Å². The van der Waals surface area contributed by atoms with Gasteiger partial charge >= 0.3 is 0 Å². The summed E-state index contributed by atoms with van der Waals surface area (Å²) in [7, 11) is 1.61. The first-order valence-corrected chi connectivity index (χ1v) is 10.6. The van der Waals surface area contributed by atoms with Gasteiger partial charge in [0.25, 0.3) is 5.56 Å². The Morgan fingerprint density at radius 3 is 2.73 bits per heavy atom. The third kappa shape index (κ3) is 3.45. The average molecular weight is 422 g/mol. The van der Waals surface area contributed by atoms with Crippen LogP contribution in [0.4, 0.5) is 5.13 Å². The highest BCUT2D eigenvalue weighted by Crippen LogP contribution is 2.30. The van der Waals surface area contributed by atoms with Crippen LogP contribution in [0, 0.1) is 13.8 Å². The van der Waals surface area contributed by atoms with Crippen LogP contribution in [0.2, 0.25) is 0 Å². The first-order valence-electron chi connectivity index (χ1n) is 9.79. The number of hydrogen-bond donors (Lipinski definition) is 1. The number of rotatable bonds is 5. The van der Waals surface area contributed by atoms with Crippen molar-refractivity contribution in [1.29, 1.82) is 0 Å². The molecular weight excluding hydrogens is 398 g/mol. The summed E-state index contributed by atoms with van der Waals surface area (Å²) >= 11 is 1.38. The molecule has 0 fully saturated rings. The summed E-state index contributed by atoms with van der Waals surface area (Å²) in [6, 6.07) is 12.5. The molecule has 0 aliphatic rings. The lowest BCUT2D eigenvalue weighted by Gasteiger charge is -2.21. The largest absolute Gasteiger partial charge is 0.497 e. The number of carbonyl (C=O) groups excluding carboxylic acids is 1. The molecular formula is C23H23N3O3S. The fourth-order valence-electron chi connectivity index (χ4n) is 3.81. The van der Waals surface area contributed by atoms with Gasteiger partial charge in [0, 0.05) is 11.5 Å². The summed E-state index contributed by atoms with van der Waals surface area (Å²) in [5.74, 6) is 0.489. The lowest BCUT2D eigenvalue weighted by molar-refractivity contribution is -0.119. The van der Waals surface area contributed by atoms with Gasteiger partial charge < -0.3 is 10.1 Å². The predicted octanol–water partition coefficient (Wildman–Crippen LogP) is 4.83. The third-order valence-electron chi connectivity index (χ3n) is 5.31. The molecule has 4 rings (SSSR count). The van der Waals surface area contributed by atoms with E-state index in [1.807, 2.05) is 57.2 Å². The Bertz CT molecular complexity index is 1320. The Balaban J connectivity index is 1.75. The molecule has 0 aliphatic heterocycles. The van der Waals surface area contributed by atoms with Crippen LogP contribution in [0.3, 0.4) is 0 Å². The summed E-state index contributed by atoms with van der Waals surface area (Å²) < 4.78 is 7.79. The van der Waals surface area contributed by atoms with Gasteiger partial charge in [0.05, 0.1) is 22.8 Å². The predicted molar refractivity (Wildman–Crippen MR) is 122 cm³/mol. The fraction of sp³-hybridized carbons (Fsp3) is 0.261. The first-order chi connectivity index (χ1) is 14.4. The van der Waals surface area contributed by atoms with E-state index in [4.69, 9.17) is 4.74 Å². The first kappa shape index (κ1) is 20.1. The molecule has 1 amide bonds. The number of aromatic nitrogens is 2. The molecule has 0 radical (unpaired) electrons. The maximum Gasteiger partial charge on any atom is 0.252 e. The summed E-state index contributed by atoms with van der Waals surface area (Å²) in [6.07, 6.45) is 0.483. The third-order valence-corrected chi connectivity index (χ3v) is 6.24. The number of thiazole rings is 1. The molecule has 2 aromatic heterocycles. The van der Waals surface area contributed by atoms with Gasteiger partial charge in [-0.3, -0.25) is 14.2 Å². The second-order valence-electron chi connectivity index (χ2n) is 7.27. The molecule has 2 heterocycles. The number of nitrogens with zero attached hydrogens (tertiary/aromatic N) is 2. The standard InChI is InChI=1S/C23H23N3O3S/c1-5-18(26-20(27)11-14(3)16-8-6-7-13(2)21(16)26)22(28)25-23-24-17-10-9-15(29-4)12-19(17)30-23/h6-12,18H,5H2,1-4H3,(H,24,25,28). The van der Waals surface area contributed by atoms with Crippen molar-refractivity contribution in [1.82, 2.24) is 9.55 Å². The number of anilines is 1. The molecule has 30 heavy (non-hydrogen) atoms. The van der Waals surface area contributed by atoms with Gasteiger partial charge in [-0.2, -0.15) is 0 Å². The van der Waals surface area contributed by atoms with Crippen LogP contribution >= 0.6 is 11.3 Å². The number of benzene rings is 2. The van der Waals surface area contributed by atoms with Gasteiger partial charge in [-0.15, -0.1) is 0 Å². The fourth-order valence-corrected chi connectivity index (χ4v) is 4.71. The van der Waals surface area contributed by atoms with Gasteiger partial charge in [0.1, 0.15) is 11.8 Å². The number of ether oxygens (including phenoxy) is 1. The molecule has 0 saturated carbocycles. The van der Waals surface area contributed by atoms with Gasteiger partial charge in [-0.1, -0.05) is 36.5 Å². The summed E-state index contributed by atoms with van der Waals surface area (Å²) in [6.45, 7) is 5.79. The van der Waals surface area contributed by atoms with E-state index >= 15 is 0 Å². The van der Waals surface area contributed by atoms with E-state index < -0.39 is 6.04 Å². The van der Waals surface area contributed by atoms with Crippen molar-refractivity contribution in [2.45, 2.75) is 33.2 Å². The zero-order valence-corrected chi connectivity index (χ0v) is 18.2. The highest BCUT2D eigenvalue weighted by molar-refractivity contribution is 7.22. The minimum atomic E-state index is -0.636. The van der Waals surface area contributed by atoms with Gasteiger partial charge in [-0.05, 0) is 49.6 Å². The normalized spacial score (nSPS) is 12.3. The minimum absolute atomic E-state index is 0.176. The molecule has 1 N–H and O–H groups in total. The Hall–Kier alpha value is -3.19. The van der Waals surface area contributed by atoms with Crippen LogP contribution in [0.15, 0.2) is 47.3 Å². The van der Waals surface area contributed by atoms with Gasteiger partial charge in [0.2, 0.25) is 5.91 Å². The minimum Gasteiger partial charge on any atom is -0.497 e. The quantitative estimate of drug-likeness (QED) is 0.501. The Morgan fingerprint density at radius 1 is 1.20 bits per heavy atom. The van der Waals surface area contributed by atoms with E-state index in [1.165, 1.54) is 11.3 Å². The molecule has 0 aliphatic carbocycles. The molecule has 0 bridgehead atoms. The molecule has 0 saturated heterocycles. The number of fused-ring (bicyclic) bond motifs is 2. The summed E-state index contributed by atoms with van der Waals surface area (Å²) in [5.41, 5.74) is 3.29. The van der Waals surface area contributed by atoms with Crippen molar-refractivity contribution in [2.75, 3.05) is 12.4 Å². The molecule has 4 aromatic rings. The van der Waals surface area contributed by atoms with Crippen LogP contribution in [-0.4, -0.2) is 22.6 Å². The topological polar surface area (TPSA) is 73.2 Å². The van der Waals surface area contributed by atoms with Crippen LogP contribution in [0.1, 0.15) is 30.5 Å². The molecule has 7 heteroatoms. The van der Waals surface area contributed by atoms with Gasteiger partial charge in [0.15, 0.2) is 5.13 Å². The Kier molecular flexibility index (Phi) is 5.30. The molecule has 1 unspecified atom stereocenters. The number of hydrogen-bond acceptors (Lipinski definition) is 5. The maximum absolute atomic E-state index is 13.2. The average Bonchev–Trinajstić information content (AvgIpc) is 3.12. The second-order valence-corrected chi connectivity index (χ2v) is 8.30. The number of nitrogens with one attached hydrogen (secondary N) is 1. The van der Waals surface area contributed by atoms with E-state index in [9.17, 15) is 9.59 Å². The molecule has 2 aromatic carbocycles. The van der Waals surface area contributed by atoms with Crippen molar-refractivity contribution in [2.24, 2.45) is 0 Å². The van der Waals surface area contributed by atoms with Crippen LogP contribution in [-0.2, 0) is 4.79 Å². The number of aryl methyl sites for hydroxylation is 2. The van der Waals surface area contributed by atoms with E-state index in [0.717, 1.165) is 38.0 Å². The Morgan fingerprint density at radius 2 is 2.00 bits per heavy atom. The number of para-hydroxylation sites is 1. The SMILES string of the molecule is CCC(C(=O)Nc1nc2ccc(OC)cc2s1)n1c(=O)cc(C)c2cccc(C)c21. The number of methoxy groups -OCH3 is 1. The van der Waals surface area contributed by atoms with Crippen LogP contribution in [0.25, 0.3) is 21.1 Å². The molecule has 154 valence electrons. The van der Waals surface area contributed by atoms with Crippen LogP contribution < -0.4 is 15.6 Å². The van der Waals surface area contributed by atoms with Crippen LogP contribution in [0.5, 0.6) is 5.75 Å². The molecule has 1 atom stereocenters. The lowest BCUT2D eigenvalue weighted by atomic mass is 10.0. The number of carbonyl (C=O) groups is 1. The zero-order chi connectivity index (χ0) is 21.4. The van der Waals surface area contributed by atoms with E-state index in [-0.39, 0.29) is 11.5 Å². The number of amides is 1. The van der Waals surface area contributed by atoms with Crippen molar-refractivity contribution >= 4 is 43.5 Å². The summed E-state index contributed by atoms with van der Waals surface area (Å²) in [5, 5.41) is 4.39. The smallest absolute Gasteiger partial charge is 0.252 e. The number of pyridine rings is 1. The lowest BCUT2D eigenvalue weighted by Crippen LogP contribution is -2.33. The monoisotopic (exact) mass is 421 g/mol. The second kappa shape index (κ2) is 7.91. The van der Waals surface area contributed by atoms with Gasteiger partial charge in [-0.25, -0.2) is 4.98 Å². The summed E-state index contributed by atoms with van der Waals surface area (Å²) in [4.78, 5) is 30.6. The Labute approximate surface area is 178 Å². The van der Waals surface area contributed by atoms with Crippen molar-refractivity contribution in [3.63, 3.8) is 0 Å². The zero-order valence-electron chi connectivity index (χ0n) is 17.4. The molecule has 0 spiro atoms.